The quantitative estimate of drug-likeness (QED) is 0.393. The maximum atomic E-state index is 13.0. The number of halogens is 1. The predicted molar refractivity (Wildman–Crippen MR) is 133 cm³/mol. The summed E-state index contributed by atoms with van der Waals surface area (Å²) in [5.41, 5.74) is 2.25. The number of para-hydroxylation sites is 1. The molecule has 0 atom stereocenters. The number of benzene rings is 3. The molecule has 0 aromatic heterocycles. The van der Waals surface area contributed by atoms with Gasteiger partial charge in [0.05, 0.1) is 12.2 Å². The monoisotopic (exact) mass is 494 g/mol. The van der Waals surface area contributed by atoms with Crippen LogP contribution < -0.4 is 15.0 Å². The van der Waals surface area contributed by atoms with E-state index >= 15 is 0 Å². The third kappa shape index (κ3) is 6.20. The number of nitrogens with zero attached hydrogens (tertiary/aromatic N) is 1. The first-order valence-electron chi connectivity index (χ1n) is 10.5. The van der Waals surface area contributed by atoms with Crippen molar-refractivity contribution in [1.82, 2.24) is 0 Å². The molecular formula is C26H27BrN2O3. The number of rotatable bonds is 8. The molecule has 166 valence electrons. The Morgan fingerprint density at radius 1 is 1.00 bits per heavy atom. The zero-order chi connectivity index (χ0) is 23.1. The van der Waals surface area contributed by atoms with Gasteiger partial charge in [-0.1, -0.05) is 54.0 Å². The minimum absolute atomic E-state index is 0.160. The van der Waals surface area contributed by atoms with Crippen molar-refractivity contribution in [2.45, 2.75) is 20.3 Å². The highest BCUT2D eigenvalue weighted by Crippen LogP contribution is 2.25. The molecule has 32 heavy (non-hydrogen) atoms. The van der Waals surface area contributed by atoms with E-state index in [0.29, 0.717) is 35.1 Å². The second-order valence-electron chi connectivity index (χ2n) is 7.91. The molecule has 0 saturated heterocycles. The number of carbonyl (C=O) groups excluding carboxylic acids is 2. The average molecular weight is 495 g/mol. The normalized spacial score (nSPS) is 10.7. The molecule has 5 nitrogen and oxygen atoms in total. The largest absolute Gasteiger partial charge is 0.493 e. The summed E-state index contributed by atoms with van der Waals surface area (Å²) in [5, 5.41) is 2.89. The zero-order valence-corrected chi connectivity index (χ0v) is 20.1. The van der Waals surface area contributed by atoms with Crippen LogP contribution >= 0.6 is 15.9 Å². The zero-order valence-electron chi connectivity index (χ0n) is 18.5. The van der Waals surface area contributed by atoms with Crippen LogP contribution in [-0.4, -0.2) is 25.5 Å². The summed E-state index contributed by atoms with van der Waals surface area (Å²) in [4.78, 5) is 27.5. The Morgan fingerprint density at radius 2 is 1.75 bits per heavy atom. The molecule has 0 heterocycles. The fourth-order valence-electron chi connectivity index (χ4n) is 3.10. The lowest BCUT2D eigenvalue weighted by Crippen LogP contribution is -2.26. The SMILES string of the molecule is CC(C)CCOc1ccc(Br)cc1C(=O)Nc1cccc(C(=O)N(C)c2ccccc2)c1. The number of hydrogen-bond donors (Lipinski definition) is 1. The third-order valence-electron chi connectivity index (χ3n) is 4.95. The molecule has 0 fully saturated rings. The van der Waals surface area contributed by atoms with E-state index in [-0.39, 0.29) is 11.8 Å². The van der Waals surface area contributed by atoms with E-state index < -0.39 is 0 Å². The van der Waals surface area contributed by atoms with E-state index in [1.807, 2.05) is 36.4 Å². The lowest BCUT2D eigenvalue weighted by atomic mass is 10.1. The van der Waals surface area contributed by atoms with Gasteiger partial charge >= 0.3 is 0 Å². The summed E-state index contributed by atoms with van der Waals surface area (Å²) in [5.74, 6) is 0.582. The van der Waals surface area contributed by atoms with Gasteiger partial charge in [0.15, 0.2) is 0 Å². The lowest BCUT2D eigenvalue weighted by Gasteiger charge is -2.18. The maximum absolute atomic E-state index is 13.0. The molecule has 0 saturated carbocycles. The van der Waals surface area contributed by atoms with Crippen LogP contribution in [0.3, 0.4) is 0 Å². The summed E-state index contributed by atoms with van der Waals surface area (Å²) in [6.07, 6.45) is 0.899. The van der Waals surface area contributed by atoms with Crippen LogP contribution in [0, 0.1) is 5.92 Å². The van der Waals surface area contributed by atoms with Gasteiger partial charge in [-0.15, -0.1) is 0 Å². The van der Waals surface area contributed by atoms with Crippen LogP contribution in [0.15, 0.2) is 77.3 Å². The van der Waals surface area contributed by atoms with Crippen molar-refractivity contribution in [2.24, 2.45) is 5.92 Å². The Morgan fingerprint density at radius 3 is 2.47 bits per heavy atom. The van der Waals surface area contributed by atoms with E-state index in [4.69, 9.17) is 4.74 Å². The van der Waals surface area contributed by atoms with E-state index in [1.165, 1.54) is 0 Å². The Kier molecular flexibility index (Phi) is 8.06. The van der Waals surface area contributed by atoms with Crippen LogP contribution in [0.4, 0.5) is 11.4 Å². The first-order valence-corrected chi connectivity index (χ1v) is 11.3. The summed E-state index contributed by atoms with van der Waals surface area (Å²) in [7, 11) is 1.73. The Balaban J connectivity index is 1.76. The molecule has 0 spiro atoms. The van der Waals surface area contributed by atoms with Crippen molar-refractivity contribution >= 4 is 39.1 Å². The Hall–Kier alpha value is -3.12. The summed E-state index contributed by atoms with van der Waals surface area (Å²) in [6.45, 7) is 4.79. The first kappa shape index (κ1) is 23.5. The van der Waals surface area contributed by atoms with E-state index in [9.17, 15) is 9.59 Å². The van der Waals surface area contributed by atoms with Gasteiger partial charge in [-0.25, -0.2) is 0 Å². The standard InChI is InChI=1S/C26H27BrN2O3/c1-18(2)14-15-32-24-13-12-20(27)17-23(24)25(30)28-21-9-7-8-19(16-21)26(31)29(3)22-10-5-4-6-11-22/h4-13,16-18H,14-15H2,1-3H3,(H,28,30). The number of ether oxygens (including phenoxy) is 1. The molecule has 0 aliphatic carbocycles. The minimum atomic E-state index is -0.299. The fraction of sp³-hybridized carbons (Fsp3) is 0.231. The van der Waals surface area contributed by atoms with E-state index in [2.05, 4.69) is 35.1 Å². The van der Waals surface area contributed by atoms with Gasteiger partial charge < -0.3 is 15.0 Å². The molecular weight excluding hydrogens is 468 g/mol. The van der Waals surface area contributed by atoms with Gasteiger partial charge in [0.2, 0.25) is 0 Å². The number of carbonyl (C=O) groups is 2. The molecule has 0 aliphatic rings. The van der Waals surface area contributed by atoms with Crippen LogP contribution in [0.2, 0.25) is 0 Å². The molecule has 1 N–H and O–H groups in total. The predicted octanol–water partition coefficient (Wildman–Crippen LogP) is 6.40. The van der Waals surface area contributed by atoms with Crippen LogP contribution in [0.25, 0.3) is 0 Å². The van der Waals surface area contributed by atoms with Crippen LogP contribution in [0.1, 0.15) is 41.0 Å². The topological polar surface area (TPSA) is 58.6 Å². The van der Waals surface area contributed by atoms with Gasteiger partial charge in [0.1, 0.15) is 5.75 Å². The van der Waals surface area contributed by atoms with Gasteiger partial charge in [0.25, 0.3) is 11.8 Å². The summed E-state index contributed by atoms with van der Waals surface area (Å²) in [6, 6.07) is 21.7. The highest BCUT2D eigenvalue weighted by molar-refractivity contribution is 9.10. The van der Waals surface area contributed by atoms with Crippen molar-refractivity contribution in [1.29, 1.82) is 0 Å². The first-order chi connectivity index (χ1) is 15.3. The van der Waals surface area contributed by atoms with E-state index in [1.54, 1.807) is 48.3 Å². The highest BCUT2D eigenvalue weighted by atomic mass is 79.9. The molecule has 6 heteroatoms. The Labute approximate surface area is 197 Å². The fourth-order valence-corrected chi connectivity index (χ4v) is 3.46. The molecule has 0 bridgehead atoms. The van der Waals surface area contributed by atoms with E-state index in [0.717, 1.165) is 16.6 Å². The molecule has 0 radical (unpaired) electrons. The molecule has 3 rings (SSSR count). The van der Waals surface area contributed by atoms with Crippen molar-refractivity contribution in [3.8, 4) is 5.75 Å². The number of anilines is 2. The average Bonchev–Trinajstić information content (AvgIpc) is 2.79. The summed E-state index contributed by atoms with van der Waals surface area (Å²) < 4.78 is 6.65. The summed E-state index contributed by atoms with van der Waals surface area (Å²) >= 11 is 3.42. The number of nitrogens with one attached hydrogen (secondary N) is 1. The van der Waals surface area contributed by atoms with Crippen molar-refractivity contribution in [2.75, 3.05) is 23.9 Å². The molecule has 2 amide bonds. The second-order valence-corrected chi connectivity index (χ2v) is 8.82. The molecule has 3 aromatic rings. The van der Waals surface area contributed by atoms with Crippen molar-refractivity contribution < 1.29 is 14.3 Å². The van der Waals surface area contributed by atoms with Gasteiger partial charge in [-0.3, -0.25) is 9.59 Å². The highest BCUT2D eigenvalue weighted by Gasteiger charge is 2.17. The smallest absolute Gasteiger partial charge is 0.259 e. The minimum Gasteiger partial charge on any atom is -0.493 e. The molecule has 0 aliphatic heterocycles. The van der Waals surface area contributed by atoms with Crippen molar-refractivity contribution in [3.05, 3.63) is 88.4 Å². The lowest BCUT2D eigenvalue weighted by molar-refractivity contribution is 0.0989. The van der Waals surface area contributed by atoms with Crippen LogP contribution in [-0.2, 0) is 0 Å². The van der Waals surface area contributed by atoms with Gasteiger partial charge in [-0.05, 0) is 60.9 Å². The molecule has 3 aromatic carbocycles. The number of hydrogen-bond acceptors (Lipinski definition) is 3. The van der Waals surface area contributed by atoms with Gasteiger partial charge in [0, 0.05) is 28.5 Å². The van der Waals surface area contributed by atoms with Gasteiger partial charge in [-0.2, -0.15) is 0 Å². The second kappa shape index (κ2) is 11.0. The van der Waals surface area contributed by atoms with Crippen molar-refractivity contribution in [3.63, 3.8) is 0 Å². The van der Waals surface area contributed by atoms with Crippen LogP contribution in [0.5, 0.6) is 5.75 Å². The third-order valence-corrected chi connectivity index (χ3v) is 5.45. The number of amides is 2. The maximum Gasteiger partial charge on any atom is 0.259 e. The molecule has 0 unspecified atom stereocenters. The Bertz CT molecular complexity index is 1080.